The third-order valence-electron chi connectivity index (χ3n) is 2.80. The molecule has 1 amide bonds. The third-order valence-corrected chi connectivity index (χ3v) is 3.21. The van der Waals surface area contributed by atoms with Gasteiger partial charge in [-0.15, -0.1) is 0 Å². The predicted octanol–water partition coefficient (Wildman–Crippen LogP) is 1.61. The molecule has 0 spiro atoms. The van der Waals surface area contributed by atoms with E-state index in [2.05, 4.69) is 31.3 Å². The van der Waals surface area contributed by atoms with Gasteiger partial charge in [0.2, 0.25) is 5.91 Å². The van der Waals surface area contributed by atoms with Gasteiger partial charge < -0.3 is 9.88 Å². The first-order valence-electron chi connectivity index (χ1n) is 6.10. The number of hydrogen-bond acceptors (Lipinski definition) is 3. The highest BCUT2D eigenvalue weighted by atomic mass is 79.9. The zero-order valence-corrected chi connectivity index (χ0v) is 12.2. The molecule has 19 heavy (non-hydrogen) atoms. The summed E-state index contributed by atoms with van der Waals surface area (Å²) in [6.45, 7) is 3.32. The Hall–Kier alpha value is -1.63. The molecule has 2 aromatic rings. The van der Waals surface area contributed by atoms with Gasteiger partial charge in [0, 0.05) is 31.7 Å². The molecule has 0 saturated heterocycles. The summed E-state index contributed by atoms with van der Waals surface area (Å²) in [5.74, 6) is -0.0266. The summed E-state index contributed by atoms with van der Waals surface area (Å²) in [4.78, 5) is 15.9. The van der Waals surface area contributed by atoms with E-state index in [0.29, 0.717) is 6.54 Å². The number of carbonyl (C=O) groups excluding carboxylic acids is 1. The minimum atomic E-state index is -0.306. The summed E-state index contributed by atoms with van der Waals surface area (Å²) in [5.41, 5.74) is 0. The summed E-state index contributed by atoms with van der Waals surface area (Å²) in [7, 11) is 0. The quantitative estimate of drug-likeness (QED) is 0.820. The summed E-state index contributed by atoms with van der Waals surface area (Å²) >= 11 is 3.31. The fraction of sp³-hybridized carbons (Fsp3) is 0.417. The van der Waals surface area contributed by atoms with E-state index in [0.717, 1.165) is 17.4 Å². The van der Waals surface area contributed by atoms with Crippen LogP contribution in [0.2, 0.25) is 0 Å². The number of hydrogen-bond donors (Lipinski definition) is 1. The molecule has 2 heterocycles. The van der Waals surface area contributed by atoms with Crippen LogP contribution in [0, 0.1) is 0 Å². The Balaban J connectivity index is 1.72. The standard InChI is InChI=1S/C12H16BrN5O/c1-10(18-8-11(13)7-16-18)12(19)15-3-2-5-17-6-4-14-9-17/h4,6-10H,2-3,5H2,1H3,(H,15,19)/t10-/m0/s1. The van der Waals surface area contributed by atoms with E-state index >= 15 is 0 Å². The molecule has 6 nitrogen and oxygen atoms in total. The monoisotopic (exact) mass is 325 g/mol. The molecule has 0 unspecified atom stereocenters. The minimum absolute atomic E-state index is 0.0266. The molecule has 2 aromatic heterocycles. The number of aromatic nitrogens is 4. The van der Waals surface area contributed by atoms with E-state index in [-0.39, 0.29) is 11.9 Å². The van der Waals surface area contributed by atoms with Gasteiger partial charge in [0.25, 0.3) is 0 Å². The Labute approximate surface area is 120 Å². The summed E-state index contributed by atoms with van der Waals surface area (Å²) in [5, 5.41) is 7.01. The molecular formula is C12H16BrN5O. The van der Waals surface area contributed by atoms with Crippen LogP contribution in [0.3, 0.4) is 0 Å². The first-order chi connectivity index (χ1) is 9.16. The Morgan fingerprint density at radius 3 is 3.05 bits per heavy atom. The van der Waals surface area contributed by atoms with Crippen LogP contribution in [-0.2, 0) is 11.3 Å². The van der Waals surface area contributed by atoms with Crippen LogP contribution in [0.4, 0.5) is 0 Å². The normalized spacial score (nSPS) is 12.3. The van der Waals surface area contributed by atoms with Crippen molar-refractivity contribution in [2.75, 3.05) is 6.54 Å². The Morgan fingerprint density at radius 1 is 1.58 bits per heavy atom. The zero-order chi connectivity index (χ0) is 13.7. The maximum absolute atomic E-state index is 11.9. The summed E-state index contributed by atoms with van der Waals surface area (Å²) in [6.07, 6.45) is 9.75. The second kappa shape index (κ2) is 6.51. The number of nitrogens with zero attached hydrogens (tertiary/aromatic N) is 4. The van der Waals surface area contributed by atoms with Crippen molar-refractivity contribution in [1.82, 2.24) is 24.6 Å². The minimum Gasteiger partial charge on any atom is -0.354 e. The van der Waals surface area contributed by atoms with Crippen molar-refractivity contribution >= 4 is 21.8 Å². The van der Waals surface area contributed by atoms with Crippen LogP contribution < -0.4 is 5.32 Å². The van der Waals surface area contributed by atoms with Crippen molar-refractivity contribution in [1.29, 1.82) is 0 Å². The van der Waals surface area contributed by atoms with E-state index in [1.54, 1.807) is 29.6 Å². The zero-order valence-electron chi connectivity index (χ0n) is 10.7. The lowest BCUT2D eigenvalue weighted by molar-refractivity contribution is -0.124. The van der Waals surface area contributed by atoms with Crippen LogP contribution in [0.5, 0.6) is 0 Å². The molecule has 0 aliphatic rings. The van der Waals surface area contributed by atoms with Gasteiger partial charge in [-0.05, 0) is 29.3 Å². The highest BCUT2D eigenvalue weighted by Crippen LogP contribution is 2.11. The van der Waals surface area contributed by atoms with Crippen LogP contribution in [0.1, 0.15) is 19.4 Å². The first-order valence-corrected chi connectivity index (χ1v) is 6.89. The molecule has 0 bridgehead atoms. The van der Waals surface area contributed by atoms with Crippen molar-refractivity contribution in [2.45, 2.75) is 25.9 Å². The number of carbonyl (C=O) groups is 1. The lowest BCUT2D eigenvalue weighted by atomic mass is 10.3. The van der Waals surface area contributed by atoms with Gasteiger partial charge in [0.15, 0.2) is 0 Å². The Bertz CT molecular complexity index is 522. The van der Waals surface area contributed by atoms with Gasteiger partial charge in [-0.2, -0.15) is 5.10 Å². The van der Waals surface area contributed by atoms with E-state index < -0.39 is 0 Å². The van der Waals surface area contributed by atoms with Gasteiger partial charge in [-0.1, -0.05) is 0 Å². The summed E-state index contributed by atoms with van der Waals surface area (Å²) < 4.78 is 4.49. The first kappa shape index (κ1) is 13.8. The molecule has 7 heteroatoms. The van der Waals surface area contributed by atoms with Gasteiger partial charge in [-0.25, -0.2) is 4.98 Å². The van der Waals surface area contributed by atoms with Crippen LogP contribution in [-0.4, -0.2) is 31.8 Å². The van der Waals surface area contributed by atoms with Crippen molar-refractivity contribution in [3.63, 3.8) is 0 Å². The summed E-state index contributed by atoms with van der Waals surface area (Å²) in [6, 6.07) is -0.306. The second-order valence-electron chi connectivity index (χ2n) is 4.26. The maximum Gasteiger partial charge on any atom is 0.244 e. The van der Waals surface area contributed by atoms with Crippen molar-refractivity contribution in [3.8, 4) is 0 Å². The predicted molar refractivity (Wildman–Crippen MR) is 74.5 cm³/mol. The fourth-order valence-electron chi connectivity index (χ4n) is 1.69. The highest BCUT2D eigenvalue weighted by molar-refractivity contribution is 9.10. The highest BCUT2D eigenvalue weighted by Gasteiger charge is 2.14. The number of rotatable bonds is 6. The van der Waals surface area contributed by atoms with Crippen molar-refractivity contribution < 1.29 is 4.79 Å². The van der Waals surface area contributed by atoms with E-state index in [1.165, 1.54) is 0 Å². The van der Waals surface area contributed by atoms with E-state index in [4.69, 9.17) is 0 Å². The Morgan fingerprint density at radius 2 is 2.42 bits per heavy atom. The number of nitrogens with one attached hydrogen (secondary N) is 1. The smallest absolute Gasteiger partial charge is 0.244 e. The van der Waals surface area contributed by atoms with E-state index in [9.17, 15) is 4.79 Å². The largest absolute Gasteiger partial charge is 0.354 e. The van der Waals surface area contributed by atoms with Gasteiger partial charge >= 0.3 is 0 Å². The SMILES string of the molecule is C[C@@H](C(=O)NCCCn1ccnc1)n1cc(Br)cn1. The van der Waals surface area contributed by atoms with Crippen molar-refractivity contribution in [2.24, 2.45) is 0 Å². The molecule has 102 valence electrons. The van der Waals surface area contributed by atoms with Crippen molar-refractivity contribution in [3.05, 3.63) is 35.6 Å². The Kier molecular flexibility index (Phi) is 4.73. The fourth-order valence-corrected chi connectivity index (χ4v) is 1.99. The van der Waals surface area contributed by atoms with Crippen LogP contribution in [0.15, 0.2) is 35.6 Å². The average molecular weight is 326 g/mol. The lowest BCUT2D eigenvalue weighted by Crippen LogP contribution is -2.32. The maximum atomic E-state index is 11.9. The molecule has 0 aliphatic carbocycles. The number of halogens is 1. The molecule has 0 saturated carbocycles. The number of aryl methyl sites for hydroxylation is 1. The van der Waals surface area contributed by atoms with Crippen LogP contribution in [0.25, 0.3) is 0 Å². The van der Waals surface area contributed by atoms with E-state index in [1.807, 2.05) is 17.7 Å². The van der Waals surface area contributed by atoms with Gasteiger partial charge in [-0.3, -0.25) is 9.48 Å². The van der Waals surface area contributed by atoms with Gasteiger partial charge in [0.05, 0.1) is 17.0 Å². The molecule has 1 atom stereocenters. The second-order valence-corrected chi connectivity index (χ2v) is 5.18. The average Bonchev–Trinajstić information content (AvgIpc) is 3.04. The molecular weight excluding hydrogens is 310 g/mol. The lowest BCUT2D eigenvalue weighted by Gasteiger charge is -2.12. The molecule has 0 aromatic carbocycles. The molecule has 0 aliphatic heterocycles. The molecule has 1 N–H and O–H groups in total. The molecule has 0 radical (unpaired) electrons. The number of imidazole rings is 1. The molecule has 2 rings (SSSR count). The van der Waals surface area contributed by atoms with Crippen LogP contribution >= 0.6 is 15.9 Å². The molecule has 0 fully saturated rings. The topological polar surface area (TPSA) is 64.7 Å². The third kappa shape index (κ3) is 3.92. The number of amides is 1. The van der Waals surface area contributed by atoms with Gasteiger partial charge in [0.1, 0.15) is 6.04 Å².